The van der Waals surface area contributed by atoms with E-state index in [-0.39, 0.29) is 18.9 Å². The third-order valence-electron chi connectivity index (χ3n) is 3.38. The van der Waals surface area contributed by atoms with Crippen molar-refractivity contribution >= 4 is 17.8 Å². The van der Waals surface area contributed by atoms with E-state index >= 15 is 0 Å². The lowest BCUT2D eigenvalue weighted by Gasteiger charge is -2.28. The molecule has 1 amide bonds. The summed E-state index contributed by atoms with van der Waals surface area (Å²) in [6.07, 6.45) is 2.46. The van der Waals surface area contributed by atoms with Gasteiger partial charge in [-0.2, -0.15) is 0 Å². The zero-order valence-corrected chi connectivity index (χ0v) is 10.7. The van der Waals surface area contributed by atoms with Gasteiger partial charge in [0.15, 0.2) is 0 Å². The number of carbonyl (C=O) groups is 3. The molecule has 7 heteroatoms. The largest absolute Gasteiger partial charge is 0.481 e. The fraction of sp³-hybridized carbons (Fsp3) is 0.750. The van der Waals surface area contributed by atoms with E-state index in [9.17, 15) is 14.4 Å². The van der Waals surface area contributed by atoms with E-state index in [2.05, 4.69) is 5.32 Å². The van der Waals surface area contributed by atoms with Crippen LogP contribution in [-0.4, -0.2) is 40.1 Å². The Morgan fingerprint density at radius 3 is 2.53 bits per heavy atom. The Kier molecular flexibility index (Phi) is 5.75. The van der Waals surface area contributed by atoms with Gasteiger partial charge >= 0.3 is 11.9 Å². The lowest BCUT2D eigenvalue weighted by Crippen LogP contribution is -2.47. The Bertz CT molecular complexity index is 358. The van der Waals surface area contributed by atoms with Crippen molar-refractivity contribution in [1.82, 2.24) is 5.32 Å². The van der Waals surface area contributed by atoms with Crippen LogP contribution in [0.5, 0.6) is 0 Å². The van der Waals surface area contributed by atoms with Crippen LogP contribution in [0.1, 0.15) is 38.5 Å². The fourth-order valence-electron chi connectivity index (χ4n) is 2.26. The van der Waals surface area contributed by atoms with Crippen molar-refractivity contribution in [3.05, 3.63) is 0 Å². The van der Waals surface area contributed by atoms with Crippen molar-refractivity contribution in [1.29, 1.82) is 0 Å². The van der Waals surface area contributed by atoms with Crippen molar-refractivity contribution < 1.29 is 24.6 Å². The molecule has 1 aliphatic carbocycles. The summed E-state index contributed by atoms with van der Waals surface area (Å²) in [5, 5.41) is 20.2. The molecule has 0 aromatic heterocycles. The van der Waals surface area contributed by atoms with Gasteiger partial charge < -0.3 is 21.3 Å². The Balaban J connectivity index is 2.38. The molecule has 0 aromatic carbocycles. The van der Waals surface area contributed by atoms with Crippen molar-refractivity contribution in [2.45, 2.75) is 50.6 Å². The van der Waals surface area contributed by atoms with Crippen molar-refractivity contribution in [2.75, 3.05) is 0 Å². The predicted octanol–water partition coefficient (Wildman–Crippen LogP) is -0.0619. The smallest absolute Gasteiger partial charge is 0.306 e. The second-order valence-electron chi connectivity index (χ2n) is 4.95. The summed E-state index contributed by atoms with van der Waals surface area (Å²) < 4.78 is 0. The second kappa shape index (κ2) is 7.08. The summed E-state index contributed by atoms with van der Waals surface area (Å²) in [6, 6.07) is -1.04. The maximum Gasteiger partial charge on any atom is 0.306 e. The van der Waals surface area contributed by atoms with E-state index < -0.39 is 29.8 Å². The van der Waals surface area contributed by atoms with Gasteiger partial charge in [0.2, 0.25) is 5.91 Å². The molecule has 19 heavy (non-hydrogen) atoms. The van der Waals surface area contributed by atoms with Gasteiger partial charge in [0, 0.05) is 12.5 Å². The minimum atomic E-state index is -0.994. The van der Waals surface area contributed by atoms with Crippen LogP contribution in [0.3, 0.4) is 0 Å². The first-order chi connectivity index (χ1) is 8.90. The van der Waals surface area contributed by atoms with Gasteiger partial charge in [-0.25, -0.2) is 0 Å². The molecule has 3 atom stereocenters. The highest BCUT2D eigenvalue weighted by molar-refractivity contribution is 5.82. The highest BCUT2D eigenvalue weighted by Crippen LogP contribution is 2.24. The predicted molar refractivity (Wildman–Crippen MR) is 66.4 cm³/mol. The quantitative estimate of drug-likeness (QED) is 0.536. The summed E-state index contributed by atoms with van der Waals surface area (Å²) in [5.41, 5.74) is 5.59. The van der Waals surface area contributed by atoms with Crippen molar-refractivity contribution in [3.8, 4) is 0 Å². The number of carbonyl (C=O) groups excluding carboxylic acids is 1. The summed E-state index contributed by atoms with van der Waals surface area (Å²) in [4.78, 5) is 33.0. The van der Waals surface area contributed by atoms with Gasteiger partial charge in [0.25, 0.3) is 0 Å². The van der Waals surface area contributed by atoms with Crippen LogP contribution in [0.15, 0.2) is 0 Å². The third-order valence-corrected chi connectivity index (χ3v) is 3.38. The normalized spacial score (nSPS) is 24.5. The van der Waals surface area contributed by atoms with Gasteiger partial charge in [-0.1, -0.05) is 6.42 Å². The van der Waals surface area contributed by atoms with Gasteiger partial charge in [-0.15, -0.1) is 0 Å². The second-order valence-corrected chi connectivity index (χ2v) is 4.95. The molecule has 0 aromatic rings. The van der Waals surface area contributed by atoms with Gasteiger partial charge in [-0.3, -0.25) is 14.4 Å². The van der Waals surface area contributed by atoms with E-state index in [1.54, 1.807) is 0 Å². The molecular formula is C12H20N2O5. The van der Waals surface area contributed by atoms with E-state index in [1.807, 2.05) is 0 Å². The van der Waals surface area contributed by atoms with E-state index in [1.165, 1.54) is 0 Å². The van der Waals surface area contributed by atoms with Crippen LogP contribution < -0.4 is 11.1 Å². The van der Waals surface area contributed by atoms with Gasteiger partial charge in [-0.05, 0) is 25.7 Å². The zero-order chi connectivity index (χ0) is 14.4. The summed E-state index contributed by atoms with van der Waals surface area (Å²) in [6.45, 7) is 0. The number of nitrogens with one attached hydrogen (secondary N) is 1. The molecular weight excluding hydrogens is 252 g/mol. The number of rotatable bonds is 6. The molecule has 0 saturated heterocycles. The monoisotopic (exact) mass is 272 g/mol. The van der Waals surface area contributed by atoms with E-state index in [0.29, 0.717) is 12.8 Å². The van der Waals surface area contributed by atoms with Crippen LogP contribution in [-0.2, 0) is 14.4 Å². The molecule has 0 radical (unpaired) electrons. The van der Waals surface area contributed by atoms with Crippen LogP contribution in [0.4, 0.5) is 0 Å². The van der Waals surface area contributed by atoms with Crippen LogP contribution in [0.2, 0.25) is 0 Å². The number of carboxylic acid groups (broad SMARTS) is 2. The average Bonchev–Trinajstić information content (AvgIpc) is 2.36. The lowest BCUT2D eigenvalue weighted by atomic mass is 9.85. The minimum absolute atomic E-state index is 0.0796. The fourth-order valence-corrected chi connectivity index (χ4v) is 2.26. The Labute approximate surface area is 111 Å². The molecule has 108 valence electrons. The molecule has 3 unspecified atom stereocenters. The number of carboxylic acids is 2. The molecule has 5 N–H and O–H groups in total. The number of nitrogens with two attached hydrogens (primary N) is 1. The van der Waals surface area contributed by atoms with Gasteiger partial charge in [0.05, 0.1) is 12.0 Å². The summed E-state index contributed by atoms with van der Waals surface area (Å²) >= 11 is 0. The van der Waals surface area contributed by atoms with Crippen LogP contribution in [0.25, 0.3) is 0 Å². The first-order valence-corrected chi connectivity index (χ1v) is 6.40. The minimum Gasteiger partial charge on any atom is -0.481 e. The molecule has 1 rings (SSSR count). The lowest BCUT2D eigenvalue weighted by molar-refractivity contribution is -0.143. The molecule has 0 heterocycles. The Hall–Kier alpha value is -1.63. The molecule has 0 spiro atoms. The SMILES string of the molecule is NC(CCC(=O)O)C(=O)NC1CCCC(C(=O)O)C1. The van der Waals surface area contributed by atoms with Crippen LogP contribution >= 0.6 is 0 Å². The Morgan fingerprint density at radius 2 is 1.95 bits per heavy atom. The highest BCUT2D eigenvalue weighted by Gasteiger charge is 2.28. The van der Waals surface area contributed by atoms with Crippen LogP contribution in [0, 0.1) is 5.92 Å². The standard InChI is InChI=1S/C12H20N2O5/c13-9(4-5-10(15)16)11(17)14-8-3-1-2-7(6-8)12(18)19/h7-9H,1-6,13H2,(H,14,17)(H,15,16)(H,18,19). The number of amides is 1. The maximum atomic E-state index is 11.7. The number of hydrogen-bond donors (Lipinski definition) is 4. The van der Waals surface area contributed by atoms with E-state index in [4.69, 9.17) is 15.9 Å². The van der Waals surface area contributed by atoms with E-state index in [0.717, 1.165) is 12.8 Å². The third kappa shape index (κ3) is 5.25. The van der Waals surface area contributed by atoms with Gasteiger partial charge in [0.1, 0.15) is 0 Å². The average molecular weight is 272 g/mol. The maximum absolute atomic E-state index is 11.7. The molecule has 1 saturated carbocycles. The molecule has 7 nitrogen and oxygen atoms in total. The summed E-state index contributed by atoms with van der Waals surface area (Å²) in [5.74, 6) is -2.66. The highest BCUT2D eigenvalue weighted by atomic mass is 16.4. The molecule has 1 aliphatic rings. The Morgan fingerprint density at radius 1 is 1.26 bits per heavy atom. The molecule has 1 fully saturated rings. The first kappa shape index (κ1) is 15.4. The number of aliphatic carboxylic acids is 2. The molecule has 0 aliphatic heterocycles. The zero-order valence-electron chi connectivity index (χ0n) is 10.7. The first-order valence-electron chi connectivity index (χ1n) is 6.40. The molecule has 0 bridgehead atoms. The summed E-state index contributed by atoms with van der Waals surface area (Å²) in [7, 11) is 0. The topological polar surface area (TPSA) is 130 Å². The van der Waals surface area contributed by atoms with Crippen molar-refractivity contribution in [3.63, 3.8) is 0 Å². The number of hydrogen-bond acceptors (Lipinski definition) is 4. The van der Waals surface area contributed by atoms with Crippen molar-refractivity contribution in [2.24, 2.45) is 11.7 Å².